The van der Waals surface area contributed by atoms with Crippen LogP contribution in [0.15, 0.2) is 42.5 Å². The van der Waals surface area contributed by atoms with Crippen LogP contribution >= 0.6 is 0 Å². The van der Waals surface area contributed by atoms with Crippen molar-refractivity contribution in [2.45, 2.75) is 26.8 Å². The number of nitrogens with one attached hydrogen (secondary N) is 1. The topological polar surface area (TPSA) is 32.3 Å². The largest absolute Gasteiger partial charge is 0.508 e. The molecule has 0 bridgehead atoms. The third kappa shape index (κ3) is 2.83. The fraction of sp³-hybridized carbons (Fsp3) is 0.250. The lowest BCUT2D eigenvalue weighted by Crippen LogP contribution is -2.08. The number of benzene rings is 2. The van der Waals surface area contributed by atoms with Gasteiger partial charge in [0.2, 0.25) is 0 Å². The van der Waals surface area contributed by atoms with Crippen molar-refractivity contribution in [1.29, 1.82) is 0 Å². The van der Waals surface area contributed by atoms with Gasteiger partial charge >= 0.3 is 0 Å². The Morgan fingerprint density at radius 2 is 1.67 bits per heavy atom. The molecule has 0 heterocycles. The van der Waals surface area contributed by atoms with Crippen LogP contribution in [0.4, 0.5) is 5.69 Å². The molecule has 0 aromatic heterocycles. The maximum atomic E-state index is 9.26. The van der Waals surface area contributed by atoms with Gasteiger partial charge in [-0.3, -0.25) is 0 Å². The summed E-state index contributed by atoms with van der Waals surface area (Å²) < 4.78 is 0. The van der Waals surface area contributed by atoms with Crippen molar-refractivity contribution in [2.75, 3.05) is 5.32 Å². The Bertz CT molecular complexity index is 531. The van der Waals surface area contributed by atoms with Gasteiger partial charge in [-0.2, -0.15) is 0 Å². The first-order chi connectivity index (χ1) is 8.56. The van der Waals surface area contributed by atoms with E-state index >= 15 is 0 Å². The standard InChI is InChI=1S/C16H19NO/c1-11-4-5-12(2)16(10-11)13(3)17-14-6-8-15(18)9-7-14/h4-10,13,17-18H,1-3H3. The number of phenols is 1. The van der Waals surface area contributed by atoms with Crippen molar-refractivity contribution in [1.82, 2.24) is 0 Å². The van der Waals surface area contributed by atoms with Gasteiger partial charge < -0.3 is 10.4 Å². The van der Waals surface area contributed by atoms with Crippen LogP contribution in [0.3, 0.4) is 0 Å². The zero-order valence-electron chi connectivity index (χ0n) is 11.1. The second kappa shape index (κ2) is 5.13. The van der Waals surface area contributed by atoms with Crippen LogP contribution in [-0.4, -0.2) is 5.11 Å². The molecule has 0 radical (unpaired) electrons. The van der Waals surface area contributed by atoms with Crippen LogP contribution in [0, 0.1) is 13.8 Å². The van der Waals surface area contributed by atoms with E-state index in [1.807, 2.05) is 12.1 Å². The molecular weight excluding hydrogens is 222 g/mol. The lowest BCUT2D eigenvalue weighted by atomic mass is 10.00. The number of anilines is 1. The van der Waals surface area contributed by atoms with E-state index in [2.05, 4.69) is 44.3 Å². The van der Waals surface area contributed by atoms with Crippen LogP contribution < -0.4 is 5.32 Å². The molecule has 18 heavy (non-hydrogen) atoms. The molecule has 0 fully saturated rings. The molecule has 2 aromatic carbocycles. The summed E-state index contributed by atoms with van der Waals surface area (Å²) in [7, 11) is 0. The Morgan fingerprint density at radius 1 is 1.00 bits per heavy atom. The van der Waals surface area contributed by atoms with E-state index in [-0.39, 0.29) is 6.04 Å². The van der Waals surface area contributed by atoms with Gasteiger partial charge in [-0.15, -0.1) is 0 Å². The van der Waals surface area contributed by atoms with Crippen LogP contribution in [-0.2, 0) is 0 Å². The number of aromatic hydroxyl groups is 1. The minimum atomic E-state index is 0.245. The first kappa shape index (κ1) is 12.5. The molecule has 1 atom stereocenters. The average molecular weight is 241 g/mol. The summed E-state index contributed by atoms with van der Waals surface area (Å²) in [6.07, 6.45) is 0. The number of aryl methyl sites for hydroxylation is 2. The minimum Gasteiger partial charge on any atom is -0.508 e. The van der Waals surface area contributed by atoms with Crippen molar-refractivity contribution in [2.24, 2.45) is 0 Å². The van der Waals surface area contributed by atoms with Gasteiger partial charge in [0.25, 0.3) is 0 Å². The number of hydrogen-bond acceptors (Lipinski definition) is 2. The van der Waals surface area contributed by atoms with E-state index in [0.717, 1.165) is 5.69 Å². The summed E-state index contributed by atoms with van der Waals surface area (Å²) >= 11 is 0. The number of rotatable bonds is 3. The van der Waals surface area contributed by atoms with E-state index in [1.165, 1.54) is 16.7 Å². The molecule has 0 amide bonds. The molecule has 0 aliphatic carbocycles. The molecule has 0 aliphatic rings. The third-order valence-electron chi connectivity index (χ3n) is 3.15. The molecule has 0 saturated carbocycles. The molecule has 2 heteroatoms. The summed E-state index contributed by atoms with van der Waals surface area (Å²) in [6, 6.07) is 13.9. The van der Waals surface area contributed by atoms with Gasteiger partial charge in [-0.25, -0.2) is 0 Å². The second-order valence-corrected chi connectivity index (χ2v) is 4.77. The second-order valence-electron chi connectivity index (χ2n) is 4.77. The van der Waals surface area contributed by atoms with Crippen molar-refractivity contribution in [3.05, 3.63) is 59.2 Å². The summed E-state index contributed by atoms with van der Waals surface area (Å²) in [5, 5.41) is 12.7. The van der Waals surface area contributed by atoms with Crippen molar-refractivity contribution in [3.63, 3.8) is 0 Å². The molecule has 2 aromatic rings. The third-order valence-corrected chi connectivity index (χ3v) is 3.15. The van der Waals surface area contributed by atoms with Gasteiger partial charge in [0, 0.05) is 11.7 Å². The number of phenolic OH excluding ortho intramolecular Hbond substituents is 1. The Labute approximate surface area is 108 Å². The highest BCUT2D eigenvalue weighted by Gasteiger charge is 2.08. The zero-order chi connectivity index (χ0) is 13.1. The zero-order valence-corrected chi connectivity index (χ0v) is 11.1. The highest BCUT2D eigenvalue weighted by molar-refractivity contribution is 5.48. The lowest BCUT2D eigenvalue weighted by Gasteiger charge is -2.18. The summed E-state index contributed by atoms with van der Waals surface area (Å²) in [5.41, 5.74) is 4.89. The Kier molecular flexibility index (Phi) is 3.56. The van der Waals surface area contributed by atoms with Gasteiger partial charge in [-0.05, 0) is 56.2 Å². The molecule has 0 spiro atoms. The van der Waals surface area contributed by atoms with Crippen molar-refractivity contribution >= 4 is 5.69 Å². The first-order valence-corrected chi connectivity index (χ1v) is 6.19. The van der Waals surface area contributed by atoms with Crippen LogP contribution in [0.1, 0.15) is 29.7 Å². The van der Waals surface area contributed by atoms with E-state index in [0.29, 0.717) is 5.75 Å². The van der Waals surface area contributed by atoms with Gasteiger partial charge in [0.15, 0.2) is 0 Å². The Hall–Kier alpha value is -1.96. The molecule has 94 valence electrons. The maximum absolute atomic E-state index is 9.26. The van der Waals surface area contributed by atoms with Gasteiger partial charge in [0.1, 0.15) is 5.75 Å². The Balaban J connectivity index is 2.18. The van der Waals surface area contributed by atoms with E-state index in [1.54, 1.807) is 12.1 Å². The van der Waals surface area contributed by atoms with Crippen LogP contribution in [0.25, 0.3) is 0 Å². The minimum absolute atomic E-state index is 0.245. The maximum Gasteiger partial charge on any atom is 0.115 e. The predicted octanol–water partition coefficient (Wildman–Crippen LogP) is 4.18. The molecular formula is C16H19NO. The molecule has 1 unspecified atom stereocenters. The van der Waals surface area contributed by atoms with E-state index in [9.17, 15) is 5.11 Å². The van der Waals surface area contributed by atoms with Crippen LogP contribution in [0.5, 0.6) is 5.75 Å². The molecule has 2 rings (SSSR count). The van der Waals surface area contributed by atoms with Gasteiger partial charge in [0.05, 0.1) is 0 Å². The van der Waals surface area contributed by atoms with Crippen LogP contribution in [0.2, 0.25) is 0 Å². The molecule has 2 N–H and O–H groups in total. The van der Waals surface area contributed by atoms with Gasteiger partial charge in [-0.1, -0.05) is 23.8 Å². The monoisotopic (exact) mass is 241 g/mol. The molecule has 2 nitrogen and oxygen atoms in total. The highest BCUT2D eigenvalue weighted by Crippen LogP contribution is 2.24. The average Bonchev–Trinajstić information content (AvgIpc) is 2.35. The molecule has 0 saturated heterocycles. The van der Waals surface area contributed by atoms with Crippen molar-refractivity contribution in [3.8, 4) is 5.75 Å². The smallest absolute Gasteiger partial charge is 0.115 e. The highest BCUT2D eigenvalue weighted by atomic mass is 16.3. The first-order valence-electron chi connectivity index (χ1n) is 6.19. The lowest BCUT2D eigenvalue weighted by molar-refractivity contribution is 0.475. The fourth-order valence-electron chi connectivity index (χ4n) is 2.11. The summed E-state index contributed by atoms with van der Waals surface area (Å²) in [6.45, 7) is 6.38. The van der Waals surface area contributed by atoms with E-state index in [4.69, 9.17) is 0 Å². The predicted molar refractivity (Wildman–Crippen MR) is 76.1 cm³/mol. The molecule has 0 aliphatic heterocycles. The van der Waals surface area contributed by atoms with Crippen molar-refractivity contribution < 1.29 is 5.11 Å². The summed E-state index contributed by atoms with van der Waals surface area (Å²) in [4.78, 5) is 0. The number of hydrogen-bond donors (Lipinski definition) is 2. The van der Waals surface area contributed by atoms with E-state index < -0.39 is 0 Å². The quantitative estimate of drug-likeness (QED) is 0.790. The normalized spacial score (nSPS) is 12.2. The SMILES string of the molecule is Cc1ccc(C)c(C(C)Nc2ccc(O)cc2)c1. The Morgan fingerprint density at radius 3 is 2.33 bits per heavy atom. The fourth-order valence-corrected chi connectivity index (χ4v) is 2.11. The summed E-state index contributed by atoms with van der Waals surface area (Å²) in [5.74, 6) is 0.292.